The molecule has 0 rings (SSSR count). The van der Waals surface area contributed by atoms with E-state index in [0.29, 0.717) is 4.99 Å². The molecule has 0 heterocycles. The van der Waals surface area contributed by atoms with Crippen LogP contribution >= 0.6 is 12.2 Å². The largest absolute Gasteiger partial charge is 0.480 e. The van der Waals surface area contributed by atoms with Crippen LogP contribution < -0.4 is 5.32 Å². The fraction of sp³-hybridized carbons (Fsp3) is 0.778. The minimum absolute atomic E-state index is 0.0629. The Labute approximate surface area is 84.5 Å². The first-order chi connectivity index (χ1) is 6.16. The standard InChI is InChI=1S/C9H17NO2S/c1-2-3-4-5-6-8(13)10-7-9(11)12/h2-7H2,1H3,(H,10,13)(H,11,12). The van der Waals surface area contributed by atoms with Gasteiger partial charge in [0.2, 0.25) is 0 Å². The molecule has 76 valence electrons. The van der Waals surface area contributed by atoms with Gasteiger partial charge in [-0.25, -0.2) is 0 Å². The normalized spacial score (nSPS) is 9.62. The van der Waals surface area contributed by atoms with Gasteiger partial charge < -0.3 is 10.4 Å². The first-order valence-electron chi connectivity index (χ1n) is 4.65. The second-order valence-electron chi connectivity index (χ2n) is 2.98. The zero-order valence-electron chi connectivity index (χ0n) is 8.01. The van der Waals surface area contributed by atoms with Crippen molar-refractivity contribution in [2.45, 2.75) is 39.0 Å². The highest BCUT2D eigenvalue weighted by Gasteiger charge is 1.99. The Balaban J connectivity index is 3.25. The van der Waals surface area contributed by atoms with E-state index >= 15 is 0 Å². The summed E-state index contributed by atoms with van der Waals surface area (Å²) in [5, 5.41) is 11.0. The molecular weight excluding hydrogens is 186 g/mol. The van der Waals surface area contributed by atoms with Crippen LogP contribution in [0.1, 0.15) is 39.0 Å². The van der Waals surface area contributed by atoms with Crippen LogP contribution in [0.5, 0.6) is 0 Å². The average Bonchev–Trinajstić information content (AvgIpc) is 2.09. The van der Waals surface area contributed by atoms with Crippen LogP contribution in [0.25, 0.3) is 0 Å². The summed E-state index contributed by atoms with van der Waals surface area (Å²) in [5.74, 6) is -0.865. The van der Waals surface area contributed by atoms with Crippen LogP contribution in [0, 0.1) is 0 Å². The molecule has 0 aromatic heterocycles. The van der Waals surface area contributed by atoms with Crippen molar-refractivity contribution in [3.8, 4) is 0 Å². The lowest BCUT2D eigenvalue weighted by Gasteiger charge is -2.04. The molecule has 13 heavy (non-hydrogen) atoms. The van der Waals surface area contributed by atoms with E-state index in [-0.39, 0.29) is 6.54 Å². The maximum atomic E-state index is 10.2. The van der Waals surface area contributed by atoms with Gasteiger partial charge in [0, 0.05) is 0 Å². The fourth-order valence-corrected chi connectivity index (χ4v) is 1.19. The number of nitrogens with one attached hydrogen (secondary N) is 1. The summed E-state index contributed by atoms with van der Waals surface area (Å²) in [6.45, 7) is 2.09. The zero-order chi connectivity index (χ0) is 10.1. The number of hydrogen-bond acceptors (Lipinski definition) is 2. The molecule has 0 radical (unpaired) electrons. The van der Waals surface area contributed by atoms with E-state index in [0.717, 1.165) is 12.8 Å². The van der Waals surface area contributed by atoms with Crippen LogP contribution in [0.3, 0.4) is 0 Å². The van der Waals surface area contributed by atoms with Crippen molar-refractivity contribution in [3.63, 3.8) is 0 Å². The molecule has 0 aliphatic rings. The number of aliphatic carboxylic acids is 1. The molecule has 0 spiro atoms. The molecule has 0 aliphatic heterocycles. The minimum atomic E-state index is -0.865. The summed E-state index contributed by atoms with van der Waals surface area (Å²) >= 11 is 4.95. The van der Waals surface area contributed by atoms with Gasteiger partial charge in [-0.2, -0.15) is 0 Å². The van der Waals surface area contributed by atoms with Gasteiger partial charge in [-0.1, -0.05) is 38.4 Å². The molecular formula is C9H17NO2S. The summed E-state index contributed by atoms with van der Waals surface area (Å²) in [7, 11) is 0. The molecule has 0 bridgehead atoms. The van der Waals surface area contributed by atoms with Crippen LogP contribution in [-0.4, -0.2) is 22.6 Å². The maximum Gasteiger partial charge on any atom is 0.322 e. The number of carbonyl (C=O) groups is 1. The molecule has 4 heteroatoms. The van der Waals surface area contributed by atoms with Gasteiger partial charge in [0.25, 0.3) is 0 Å². The van der Waals surface area contributed by atoms with Crippen molar-refractivity contribution in [2.75, 3.05) is 6.54 Å². The van der Waals surface area contributed by atoms with E-state index in [1.807, 2.05) is 0 Å². The summed E-state index contributed by atoms with van der Waals surface area (Å²) in [6, 6.07) is 0. The van der Waals surface area contributed by atoms with Crippen molar-refractivity contribution in [3.05, 3.63) is 0 Å². The van der Waals surface area contributed by atoms with E-state index in [4.69, 9.17) is 17.3 Å². The highest BCUT2D eigenvalue weighted by Crippen LogP contribution is 2.02. The molecule has 0 saturated carbocycles. The Kier molecular flexibility index (Phi) is 7.59. The first-order valence-corrected chi connectivity index (χ1v) is 5.06. The number of unbranched alkanes of at least 4 members (excludes halogenated alkanes) is 3. The lowest BCUT2D eigenvalue weighted by atomic mass is 10.1. The Morgan fingerprint density at radius 1 is 1.38 bits per heavy atom. The predicted molar refractivity (Wildman–Crippen MR) is 57.0 cm³/mol. The molecule has 0 amide bonds. The van der Waals surface area contributed by atoms with Gasteiger partial charge in [-0.15, -0.1) is 0 Å². The molecule has 2 N–H and O–H groups in total. The summed E-state index contributed by atoms with van der Waals surface area (Å²) in [5.41, 5.74) is 0. The van der Waals surface area contributed by atoms with Gasteiger partial charge >= 0.3 is 5.97 Å². The van der Waals surface area contributed by atoms with E-state index in [2.05, 4.69) is 12.2 Å². The van der Waals surface area contributed by atoms with Crippen LogP contribution in [0.4, 0.5) is 0 Å². The lowest BCUT2D eigenvalue weighted by Crippen LogP contribution is -2.27. The Morgan fingerprint density at radius 2 is 2.08 bits per heavy atom. The third-order valence-electron chi connectivity index (χ3n) is 1.69. The molecule has 0 aliphatic carbocycles. The van der Waals surface area contributed by atoms with E-state index in [1.165, 1.54) is 19.3 Å². The minimum Gasteiger partial charge on any atom is -0.480 e. The topological polar surface area (TPSA) is 49.3 Å². The first kappa shape index (κ1) is 12.4. The number of thiocarbonyl (C=S) groups is 1. The molecule has 0 aromatic rings. The second-order valence-corrected chi connectivity index (χ2v) is 3.47. The van der Waals surface area contributed by atoms with Crippen LogP contribution in [0.2, 0.25) is 0 Å². The molecule has 0 unspecified atom stereocenters. The SMILES string of the molecule is CCCCCCC(=S)NCC(=O)O. The van der Waals surface area contributed by atoms with Crippen molar-refractivity contribution in [1.29, 1.82) is 0 Å². The average molecular weight is 203 g/mol. The van der Waals surface area contributed by atoms with Gasteiger partial charge in [-0.05, 0) is 12.8 Å². The van der Waals surface area contributed by atoms with Gasteiger partial charge in [-0.3, -0.25) is 4.79 Å². The molecule has 3 nitrogen and oxygen atoms in total. The zero-order valence-corrected chi connectivity index (χ0v) is 8.82. The second kappa shape index (κ2) is 7.98. The van der Waals surface area contributed by atoms with Gasteiger partial charge in [0.05, 0.1) is 4.99 Å². The highest BCUT2D eigenvalue weighted by molar-refractivity contribution is 7.80. The van der Waals surface area contributed by atoms with E-state index in [9.17, 15) is 4.79 Å². The van der Waals surface area contributed by atoms with Crippen LogP contribution in [-0.2, 0) is 4.79 Å². The van der Waals surface area contributed by atoms with Crippen molar-refractivity contribution < 1.29 is 9.90 Å². The lowest BCUT2D eigenvalue weighted by molar-refractivity contribution is -0.135. The fourth-order valence-electron chi connectivity index (χ4n) is 0.975. The van der Waals surface area contributed by atoms with Crippen molar-refractivity contribution >= 4 is 23.2 Å². The molecule has 0 saturated heterocycles. The van der Waals surface area contributed by atoms with E-state index in [1.54, 1.807) is 0 Å². The molecule has 0 fully saturated rings. The quantitative estimate of drug-likeness (QED) is 0.490. The summed E-state index contributed by atoms with van der Waals surface area (Å²) in [4.78, 5) is 10.8. The van der Waals surface area contributed by atoms with Gasteiger partial charge in [0.1, 0.15) is 6.54 Å². The number of hydrogen-bond donors (Lipinski definition) is 2. The smallest absolute Gasteiger partial charge is 0.322 e. The van der Waals surface area contributed by atoms with Crippen LogP contribution in [0.15, 0.2) is 0 Å². The molecule has 0 atom stereocenters. The monoisotopic (exact) mass is 203 g/mol. The van der Waals surface area contributed by atoms with Crippen molar-refractivity contribution in [2.24, 2.45) is 0 Å². The van der Waals surface area contributed by atoms with E-state index < -0.39 is 5.97 Å². The summed E-state index contributed by atoms with van der Waals surface area (Å²) in [6.07, 6.45) is 5.46. The Bertz CT molecular complexity index is 171. The van der Waals surface area contributed by atoms with Crippen molar-refractivity contribution in [1.82, 2.24) is 5.32 Å². The number of carboxylic acids is 1. The Hall–Kier alpha value is -0.640. The number of carboxylic acid groups (broad SMARTS) is 1. The highest BCUT2D eigenvalue weighted by atomic mass is 32.1. The number of rotatable bonds is 7. The third-order valence-corrected chi connectivity index (χ3v) is 2.04. The summed E-state index contributed by atoms with van der Waals surface area (Å²) < 4.78 is 0. The third kappa shape index (κ3) is 9.27. The predicted octanol–water partition coefficient (Wildman–Crippen LogP) is 1.96. The molecule has 0 aromatic carbocycles. The Morgan fingerprint density at radius 3 is 2.62 bits per heavy atom. The maximum absolute atomic E-state index is 10.2. The van der Waals surface area contributed by atoms with Gasteiger partial charge in [0.15, 0.2) is 0 Å².